The summed E-state index contributed by atoms with van der Waals surface area (Å²) in [4.78, 5) is 0. The summed E-state index contributed by atoms with van der Waals surface area (Å²) in [7, 11) is 0. The van der Waals surface area contributed by atoms with E-state index in [2.05, 4.69) is 70.3 Å². The van der Waals surface area contributed by atoms with E-state index in [0.29, 0.717) is 17.4 Å². The molecule has 1 heteroatoms. The van der Waals surface area contributed by atoms with Gasteiger partial charge in [0, 0.05) is 6.04 Å². The normalized spacial score (nSPS) is 15.2. The lowest BCUT2D eigenvalue weighted by molar-refractivity contribution is 0.308. The second kappa shape index (κ2) is 7.69. The van der Waals surface area contributed by atoms with E-state index in [1.807, 2.05) is 0 Å². The number of nitrogens with one attached hydrogen (secondary N) is 1. The molecule has 2 atom stereocenters. The van der Waals surface area contributed by atoms with Gasteiger partial charge < -0.3 is 5.32 Å². The van der Waals surface area contributed by atoms with E-state index in [1.165, 1.54) is 24.8 Å². The molecular weight excluding hydrogens is 230 g/mol. The minimum Gasteiger partial charge on any atom is -0.314 e. The third-order valence-corrected chi connectivity index (χ3v) is 3.82. The molecule has 1 aromatic carbocycles. The van der Waals surface area contributed by atoms with Crippen molar-refractivity contribution in [3.8, 4) is 0 Å². The fourth-order valence-corrected chi connectivity index (χ4v) is 2.75. The van der Waals surface area contributed by atoms with Gasteiger partial charge in [-0.25, -0.2) is 0 Å². The first-order valence-electron chi connectivity index (χ1n) is 7.76. The molecule has 0 aliphatic heterocycles. The van der Waals surface area contributed by atoms with Crippen LogP contribution < -0.4 is 5.32 Å². The molecule has 0 spiro atoms. The van der Waals surface area contributed by atoms with E-state index in [4.69, 9.17) is 0 Å². The zero-order valence-electron chi connectivity index (χ0n) is 13.4. The topological polar surface area (TPSA) is 12.0 Å². The van der Waals surface area contributed by atoms with Crippen molar-refractivity contribution < 1.29 is 0 Å². The van der Waals surface area contributed by atoms with E-state index in [-0.39, 0.29) is 0 Å². The predicted octanol–water partition coefficient (Wildman–Crippen LogP) is 4.98. The fourth-order valence-electron chi connectivity index (χ4n) is 2.75. The van der Waals surface area contributed by atoms with Crippen LogP contribution in [0.3, 0.4) is 0 Å². The number of likely N-dealkylation sites (N-methyl/N-ethyl adjacent to an activating group) is 1. The average molecular weight is 261 g/mol. The lowest BCUT2D eigenvalue weighted by atomic mass is 9.82. The van der Waals surface area contributed by atoms with Crippen LogP contribution in [-0.4, -0.2) is 12.6 Å². The third kappa shape index (κ3) is 5.78. The molecule has 0 radical (unpaired) electrons. The van der Waals surface area contributed by atoms with Crippen molar-refractivity contribution in [1.29, 1.82) is 0 Å². The molecule has 2 unspecified atom stereocenters. The molecule has 0 saturated carbocycles. The molecule has 0 saturated heterocycles. The molecule has 0 fully saturated rings. The highest BCUT2D eigenvalue weighted by Gasteiger charge is 2.22. The minimum atomic E-state index is 0.419. The van der Waals surface area contributed by atoms with Crippen molar-refractivity contribution >= 4 is 0 Å². The van der Waals surface area contributed by atoms with Gasteiger partial charge in [0.2, 0.25) is 0 Å². The Morgan fingerprint density at radius 1 is 1.05 bits per heavy atom. The molecule has 0 heterocycles. The van der Waals surface area contributed by atoms with Crippen molar-refractivity contribution in [2.45, 2.75) is 65.8 Å². The molecule has 1 aromatic rings. The molecule has 0 aliphatic rings. The van der Waals surface area contributed by atoms with Crippen molar-refractivity contribution in [2.24, 2.45) is 5.41 Å². The Morgan fingerprint density at radius 3 is 2.16 bits per heavy atom. The van der Waals surface area contributed by atoms with Crippen LogP contribution in [0.25, 0.3) is 0 Å². The Balaban J connectivity index is 2.77. The lowest BCUT2D eigenvalue weighted by Crippen LogP contribution is -2.35. The standard InChI is InChI=1S/C18H31N/c1-6-16(15-11-9-8-10-12-15)17(19-7-2)13-14-18(3,4)5/h8-12,16-17,19H,6-7,13-14H2,1-5H3. The van der Waals surface area contributed by atoms with Gasteiger partial charge in [-0.2, -0.15) is 0 Å². The summed E-state index contributed by atoms with van der Waals surface area (Å²) in [5.41, 5.74) is 1.90. The van der Waals surface area contributed by atoms with Gasteiger partial charge >= 0.3 is 0 Å². The molecule has 19 heavy (non-hydrogen) atoms. The first-order chi connectivity index (χ1) is 8.98. The highest BCUT2D eigenvalue weighted by Crippen LogP contribution is 2.29. The van der Waals surface area contributed by atoms with Gasteiger partial charge in [-0.1, -0.05) is 65.0 Å². The molecule has 108 valence electrons. The maximum Gasteiger partial charge on any atom is 0.0136 e. The second-order valence-corrected chi connectivity index (χ2v) is 6.69. The van der Waals surface area contributed by atoms with Gasteiger partial charge in [-0.3, -0.25) is 0 Å². The monoisotopic (exact) mass is 261 g/mol. The molecular formula is C18H31N. The zero-order chi connectivity index (χ0) is 14.3. The number of hydrogen-bond acceptors (Lipinski definition) is 1. The molecule has 1 rings (SSSR count). The number of benzene rings is 1. The lowest BCUT2D eigenvalue weighted by Gasteiger charge is -2.30. The zero-order valence-corrected chi connectivity index (χ0v) is 13.4. The van der Waals surface area contributed by atoms with Gasteiger partial charge in [0.25, 0.3) is 0 Å². The van der Waals surface area contributed by atoms with Crippen molar-refractivity contribution in [1.82, 2.24) is 5.32 Å². The minimum absolute atomic E-state index is 0.419. The summed E-state index contributed by atoms with van der Waals surface area (Å²) in [6, 6.07) is 11.6. The van der Waals surface area contributed by atoms with Gasteiger partial charge in [0.1, 0.15) is 0 Å². The Kier molecular flexibility index (Phi) is 6.57. The van der Waals surface area contributed by atoms with Crippen molar-refractivity contribution in [2.75, 3.05) is 6.54 Å². The SMILES string of the molecule is CCNC(CCC(C)(C)C)C(CC)c1ccccc1. The van der Waals surface area contributed by atoms with Crippen LogP contribution >= 0.6 is 0 Å². The molecule has 0 aliphatic carbocycles. The van der Waals surface area contributed by atoms with Crippen LogP contribution in [0.1, 0.15) is 65.4 Å². The smallest absolute Gasteiger partial charge is 0.0136 e. The summed E-state index contributed by atoms with van der Waals surface area (Å²) < 4.78 is 0. The maximum atomic E-state index is 3.70. The summed E-state index contributed by atoms with van der Waals surface area (Å²) in [6.07, 6.45) is 3.73. The Labute approximate surface area is 119 Å². The van der Waals surface area contributed by atoms with Gasteiger partial charge in [0.15, 0.2) is 0 Å². The van der Waals surface area contributed by atoms with Crippen LogP contribution in [0.15, 0.2) is 30.3 Å². The molecule has 1 nitrogen and oxygen atoms in total. The third-order valence-electron chi connectivity index (χ3n) is 3.82. The fraction of sp³-hybridized carbons (Fsp3) is 0.667. The summed E-state index contributed by atoms with van der Waals surface area (Å²) in [5.74, 6) is 0.628. The Hall–Kier alpha value is -0.820. The van der Waals surface area contributed by atoms with E-state index in [1.54, 1.807) is 0 Å². The summed E-state index contributed by atoms with van der Waals surface area (Å²) >= 11 is 0. The number of rotatable bonds is 7. The molecule has 0 amide bonds. The molecule has 0 aromatic heterocycles. The van der Waals surface area contributed by atoms with Crippen LogP contribution in [0.2, 0.25) is 0 Å². The quantitative estimate of drug-likeness (QED) is 0.729. The largest absolute Gasteiger partial charge is 0.314 e. The van der Waals surface area contributed by atoms with Gasteiger partial charge in [-0.05, 0) is 42.7 Å². The van der Waals surface area contributed by atoms with Crippen LogP contribution in [0, 0.1) is 5.41 Å². The first kappa shape index (κ1) is 16.2. The van der Waals surface area contributed by atoms with E-state index < -0.39 is 0 Å². The van der Waals surface area contributed by atoms with Crippen LogP contribution in [-0.2, 0) is 0 Å². The van der Waals surface area contributed by atoms with Crippen LogP contribution in [0.4, 0.5) is 0 Å². The summed E-state index contributed by atoms with van der Waals surface area (Å²) in [6.45, 7) is 12.6. The van der Waals surface area contributed by atoms with Gasteiger partial charge in [0.05, 0.1) is 0 Å². The van der Waals surface area contributed by atoms with Gasteiger partial charge in [-0.15, -0.1) is 0 Å². The Bertz CT molecular complexity index is 336. The maximum absolute atomic E-state index is 3.70. The predicted molar refractivity (Wildman–Crippen MR) is 85.6 cm³/mol. The highest BCUT2D eigenvalue weighted by molar-refractivity contribution is 5.21. The number of hydrogen-bond donors (Lipinski definition) is 1. The Morgan fingerprint density at radius 2 is 1.68 bits per heavy atom. The van der Waals surface area contributed by atoms with E-state index >= 15 is 0 Å². The van der Waals surface area contributed by atoms with Crippen molar-refractivity contribution in [3.05, 3.63) is 35.9 Å². The van der Waals surface area contributed by atoms with E-state index in [0.717, 1.165) is 6.54 Å². The van der Waals surface area contributed by atoms with Crippen molar-refractivity contribution in [3.63, 3.8) is 0 Å². The molecule has 0 bridgehead atoms. The molecule has 1 N–H and O–H groups in total. The summed E-state index contributed by atoms with van der Waals surface area (Å²) in [5, 5.41) is 3.70. The van der Waals surface area contributed by atoms with E-state index in [9.17, 15) is 0 Å². The average Bonchev–Trinajstić information content (AvgIpc) is 2.37. The second-order valence-electron chi connectivity index (χ2n) is 6.69. The highest BCUT2D eigenvalue weighted by atomic mass is 14.9. The van der Waals surface area contributed by atoms with Crippen LogP contribution in [0.5, 0.6) is 0 Å². The first-order valence-corrected chi connectivity index (χ1v) is 7.76.